The summed E-state index contributed by atoms with van der Waals surface area (Å²) in [6.45, 7) is 1.98. The van der Waals surface area contributed by atoms with Gasteiger partial charge in [-0.25, -0.2) is 0 Å². The fraction of sp³-hybridized carbons (Fsp3) is 0.217. The molecule has 3 aromatic rings. The van der Waals surface area contributed by atoms with Gasteiger partial charge in [-0.2, -0.15) is 0 Å². The van der Waals surface area contributed by atoms with Gasteiger partial charge in [0.15, 0.2) is 0 Å². The molecule has 1 fully saturated rings. The Hall–Kier alpha value is -3.52. The van der Waals surface area contributed by atoms with Gasteiger partial charge in [0.25, 0.3) is 5.69 Å². The van der Waals surface area contributed by atoms with Crippen molar-refractivity contribution in [3.05, 3.63) is 86.6 Å². The lowest BCUT2D eigenvalue weighted by Gasteiger charge is -2.40. The third-order valence-electron chi connectivity index (χ3n) is 5.41. The van der Waals surface area contributed by atoms with Crippen LogP contribution in [0.4, 0.5) is 17.1 Å². The van der Waals surface area contributed by atoms with Crippen LogP contribution in [0.2, 0.25) is 0 Å². The molecule has 0 radical (unpaired) electrons. The van der Waals surface area contributed by atoms with Gasteiger partial charge in [0, 0.05) is 34.8 Å². The molecule has 0 saturated carbocycles. The number of nitrogens with zero attached hydrogens (tertiary/aromatic N) is 2. The summed E-state index contributed by atoms with van der Waals surface area (Å²) >= 11 is 1.50. The van der Waals surface area contributed by atoms with Crippen LogP contribution in [0.5, 0.6) is 0 Å². The fourth-order valence-corrected chi connectivity index (χ4v) is 4.77. The lowest BCUT2D eigenvalue weighted by Crippen LogP contribution is -2.46. The maximum atomic E-state index is 13.3. The number of nitro benzene ring substituents is 1. The molecule has 158 valence electrons. The second-order valence-electron chi connectivity index (χ2n) is 7.50. The predicted molar refractivity (Wildman–Crippen MR) is 120 cm³/mol. The summed E-state index contributed by atoms with van der Waals surface area (Å²) in [7, 11) is 0. The highest BCUT2D eigenvalue weighted by atomic mass is 32.1. The number of non-ortho nitro benzene ring substituents is 1. The standard InChI is InChI=1S/C23H21N3O4S/c1-15-7-9-17(10-8-15)25-21(27)12-11-19(22(25)20-6-3-13-31-20)23(28)24-16-4-2-5-18(14-16)26(29)30/h2-10,13-14,19,22H,11-12H2,1H3,(H,24,28). The molecule has 1 aromatic heterocycles. The molecule has 7 nitrogen and oxygen atoms in total. The molecular weight excluding hydrogens is 414 g/mol. The quantitative estimate of drug-likeness (QED) is 0.446. The minimum absolute atomic E-state index is 0.0262. The topological polar surface area (TPSA) is 92.6 Å². The number of anilines is 2. The van der Waals surface area contributed by atoms with Crippen molar-refractivity contribution in [2.45, 2.75) is 25.8 Å². The molecule has 1 aliphatic rings. The van der Waals surface area contributed by atoms with E-state index in [9.17, 15) is 19.7 Å². The molecular formula is C23H21N3O4S. The van der Waals surface area contributed by atoms with Gasteiger partial charge in [-0.3, -0.25) is 19.7 Å². The van der Waals surface area contributed by atoms with E-state index in [1.807, 2.05) is 48.7 Å². The molecule has 4 rings (SSSR count). The lowest BCUT2D eigenvalue weighted by molar-refractivity contribution is -0.384. The zero-order valence-electron chi connectivity index (χ0n) is 16.9. The number of aryl methyl sites for hydroxylation is 1. The van der Waals surface area contributed by atoms with E-state index < -0.39 is 16.9 Å². The Morgan fingerprint density at radius 2 is 1.94 bits per heavy atom. The first-order valence-electron chi connectivity index (χ1n) is 9.91. The molecule has 2 heterocycles. The van der Waals surface area contributed by atoms with E-state index in [0.717, 1.165) is 16.1 Å². The number of amides is 2. The van der Waals surface area contributed by atoms with E-state index in [-0.39, 0.29) is 23.9 Å². The Morgan fingerprint density at radius 3 is 2.61 bits per heavy atom. The van der Waals surface area contributed by atoms with Crippen LogP contribution in [0.15, 0.2) is 66.0 Å². The maximum Gasteiger partial charge on any atom is 0.271 e. The molecule has 8 heteroatoms. The van der Waals surface area contributed by atoms with Crippen molar-refractivity contribution < 1.29 is 14.5 Å². The Labute approximate surface area is 183 Å². The van der Waals surface area contributed by atoms with Gasteiger partial charge in [-0.05, 0) is 43.0 Å². The smallest absolute Gasteiger partial charge is 0.271 e. The normalized spacial score (nSPS) is 18.6. The molecule has 1 saturated heterocycles. The van der Waals surface area contributed by atoms with E-state index in [2.05, 4.69) is 5.32 Å². The van der Waals surface area contributed by atoms with Gasteiger partial charge >= 0.3 is 0 Å². The lowest BCUT2D eigenvalue weighted by atomic mass is 9.86. The van der Waals surface area contributed by atoms with Crippen LogP contribution in [0.1, 0.15) is 29.3 Å². The summed E-state index contributed by atoms with van der Waals surface area (Å²) in [5, 5.41) is 15.8. The number of carbonyl (C=O) groups is 2. The number of carbonyl (C=O) groups excluding carboxylic acids is 2. The van der Waals surface area contributed by atoms with Gasteiger partial charge in [0.1, 0.15) is 0 Å². The predicted octanol–water partition coefficient (Wildman–Crippen LogP) is 5.09. The Kier molecular flexibility index (Phi) is 5.81. The van der Waals surface area contributed by atoms with Crippen LogP contribution in [0.3, 0.4) is 0 Å². The van der Waals surface area contributed by atoms with Crippen molar-refractivity contribution in [2.24, 2.45) is 5.92 Å². The molecule has 1 N–H and O–H groups in total. The first-order valence-corrected chi connectivity index (χ1v) is 10.8. The largest absolute Gasteiger partial charge is 0.326 e. The van der Waals surface area contributed by atoms with Crippen LogP contribution in [0, 0.1) is 23.0 Å². The number of nitrogens with one attached hydrogen (secondary N) is 1. The molecule has 2 aromatic carbocycles. The number of rotatable bonds is 5. The molecule has 0 bridgehead atoms. The van der Waals surface area contributed by atoms with Crippen LogP contribution in [-0.2, 0) is 9.59 Å². The van der Waals surface area contributed by atoms with Crippen molar-refractivity contribution in [1.29, 1.82) is 0 Å². The summed E-state index contributed by atoms with van der Waals surface area (Å²) in [4.78, 5) is 39.4. The average molecular weight is 436 g/mol. The van der Waals surface area contributed by atoms with Crippen LogP contribution >= 0.6 is 11.3 Å². The van der Waals surface area contributed by atoms with Gasteiger partial charge in [0.05, 0.1) is 16.9 Å². The fourth-order valence-electron chi connectivity index (χ4n) is 3.89. The molecule has 31 heavy (non-hydrogen) atoms. The Bertz CT molecular complexity index is 1110. The monoisotopic (exact) mass is 435 g/mol. The minimum Gasteiger partial charge on any atom is -0.326 e. The minimum atomic E-state index is -0.498. The van der Waals surface area contributed by atoms with Crippen molar-refractivity contribution in [3.8, 4) is 0 Å². The molecule has 0 aliphatic carbocycles. The summed E-state index contributed by atoms with van der Waals surface area (Å²) in [6, 6.07) is 17.0. The number of benzene rings is 2. The Morgan fingerprint density at radius 1 is 1.16 bits per heavy atom. The summed E-state index contributed by atoms with van der Waals surface area (Å²) < 4.78 is 0. The number of hydrogen-bond acceptors (Lipinski definition) is 5. The molecule has 0 spiro atoms. The molecule has 2 atom stereocenters. The second kappa shape index (κ2) is 8.69. The second-order valence-corrected chi connectivity index (χ2v) is 8.48. The van der Waals surface area contributed by atoms with Crippen LogP contribution in [0.25, 0.3) is 0 Å². The van der Waals surface area contributed by atoms with Crippen molar-refractivity contribution in [1.82, 2.24) is 0 Å². The first kappa shape index (κ1) is 20.7. The average Bonchev–Trinajstić information content (AvgIpc) is 3.29. The number of piperidine rings is 1. The third kappa shape index (κ3) is 4.34. The number of thiophene rings is 1. The van der Waals surface area contributed by atoms with Crippen molar-refractivity contribution >= 4 is 40.2 Å². The van der Waals surface area contributed by atoms with Gasteiger partial charge in [0.2, 0.25) is 11.8 Å². The first-order chi connectivity index (χ1) is 14.9. The SMILES string of the molecule is Cc1ccc(N2C(=O)CCC(C(=O)Nc3cccc([N+](=O)[O-])c3)C2c2cccs2)cc1. The maximum absolute atomic E-state index is 13.3. The van der Waals surface area contributed by atoms with Crippen molar-refractivity contribution in [2.75, 3.05) is 10.2 Å². The van der Waals surface area contributed by atoms with Gasteiger partial charge in [-0.1, -0.05) is 29.8 Å². The van der Waals surface area contributed by atoms with E-state index in [0.29, 0.717) is 12.1 Å². The zero-order chi connectivity index (χ0) is 22.0. The van der Waals surface area contributed by atoms with Crippen LogP contribution in [-0.4, -0.2) is 16.7 Å². The number of hydrogen-bond donors (Lipinski definition) is 1. The van der Waals surface area contributed by atoms with E-state index in [1.54, 1.807) is 11.0 Å². The van der Waals surface area contributed by atoms with E-state index >= 15 is 0 Å². The summed E-state index contributed by atoms with van der Waals surface area (Å²) in [5.41, 5.74) is 2.11. The molecule has 2 unspecified atom stereocenters. The Balaban J connectivity index is 1.68. The van der Waals surface area contributed by atoms with Gasteiger partial charge in [-0.15, -0.1) is 11.3 Å². The molecule has 1 aliphatic heterocycles. The molecule has 2 amide bonds. The highest BCUT2D eigenvalue weighted by molar-refractivity contribution is 7.10. The highest BCUT2D eigenvalue weighted by Crippen LogP contribution is 2.42. The number of nitro groups is 1. The zero-order valence-corrected chi connectivity index (χ0v) is 17.7. The summed E-state index contributed by atoms with van der Waals surface area (Å²) in [6.07, 6.45) is 0.660. The van der Waals surface area contributed by atoms with E-state index in [1.165, 1.54) is 29.5 Å². The van der Waals surface area contributed by atoms with E-state index in [4.69, 9.17) is 0 Å². The van der Waals surface area contributed by atoms with Crippen LogP contribution < -0.4 is 10.2 Å². The van der Waals surface area contributed by atoms with Crippen molar-refractivity contribution in [3.63, 3.8) is 0 Å². The third-order valence-corrected chi connectivity index (χ3v) is 6.35. The highest BCUT2D eigenvalue weighted by Gasteiger charge is 2.42. The summed E-state index contributed by atoms with van der Waals surface area (Å²) in [5.74, 6) is -0.776. The van der Waals surface area contributed by atoms with Gasteiger partial charge < -0.3 is 10.2 Å².